The Balaban J connectivity index is 1.91. The van der Waals surface area contributed by atoms with Crippen LogP contribution in [0.4, 0.5) is 0 Å². The van der Waals surface area contributed by atoms with Crippen molar-refractivity contribution in [3.63, 3.8) is 0 Å². The standard InChI is InChI=1S/C16H19N3O/c17-14-9-5-4-8-13(14)16(20)15-10-11-18-19(15)12-6-2-1-3-7-12/h1-3,6-7,10-11,13-14H,4-5,8-9,17H2. The Morgan fingerprint density at radius 1 is 1.15 bits per heavy atom. The van der Waals surface area contributed by atoms with Gasteiger partial charge < -0.3 is 5.73 Å². The molecule has 2 N–H and O–H groups in total. The van der Waals surface area contributed by atoms with Crippen LogP contribution in [0.15, 0.2) is 42.6 Å². The summed E-state index contributed by atoms with van der Waals surface area (Å²) in [6.45, 7) is 0. The molecular formula is C16H19N3O. The van der Waals surface area contributed by atoms with Gasteiger partial charge >= 0.3 is 0 Å². The van der Waals surface area contributed by atoms with Gasteiger partial charge in [-0.05, 0) is 31.0 Å². The average molecular weight is 269 g/mol. The highest BCUT2D eigenvalue weighted by Crippen LogP contribution is 2.26. The van der Waals surface area contributed by atoms with Gasteiger partial charge in [0.05, 0.1) is 11.9 Å². The number of para-hydroxylation sites is 1. The van der Waals surface area contributed by atoms with Crippen molar-refractivity contribution in [3.8, 4) is 5.69 Å². The van der Waals surface area contributed by atoms with E-state index < -0.39 is 0 Å². The molecule has 2 aromatic rings. The molecule has 2 atom stereocenters. The first-order chi connectivity index (χ1) is 9.77. The summed E-state index contributed by atoms with van der Waals surface area (Å²) in [6, 6.07) is 11.5. The summed E-state index contributed by atoms with van der Waals surface area (Å²) < 4.78 is 1.71. The third-order valence-electron chi connectivity index (χ3n) is 4.05. The van der Waals surface area contributed by atoms with E-state index in [-0.39, 0.29) is 17.7 Å². The first-order valence-electron chi connectivity index (χ1n) is 7.16. The number of Topliss-reactive ketones (excluding diaryl/α,β-unsaturated/α-hetero) is 1. The van der Waals surface area contributed by atoms with E-state index in [1.54, 1.807) is 16.9 Å². The highest BCUT2D eigenvalue weighted by Gasteiger charge is 2.30. The third-order valence-corrected chi connectivity index (χ3v) is 4.05. The molecule has 0 aliphatic heterocycles. The molecule has 1 aliphatic rings. The SMILES string of the molecule is NC1CCCCC1C(=O)c1ccnn1-c1ccccc1. The quantitative estimate of drug-likeness (QED) is 0.871. The van der Waals surface area contributed by atoms with E-state index in [1.165, 1.54) is 0 Å². The first kappa shape index (κ1) is 13.1. The molecule has 0 saturated heterocycles. The number of benzene rings is 1. The number of aromatic nitrogens is 2. The van der Waals surface area contributed by atoms with Crippen LogP contribution in [0.25, 0.3) is 5.69 Å². The van der Waals surface area contributed by atoms with Crippen molar-refractivity contribution in [2.45, 2.75) is 31.7 Å². The van der Waals surface area contributed by atoms with Crippen LogP contribution in [-0.2, 0) is 0 Å². The molecule has 20 heavy (non-hydrogen) atoms. The molecular weight excluding hydrogens is 250 g/mol. The van der Waals surface area contributed by atoms with E-state index in [1.807, 2.05) is 30.3 Å². The van der Waals surface area contributed by atoms with Gasteiger partial charge in [0.25, 0.3) is 0 Å². The summed E-state index contributed by atoms with van der Waals surface area (Å²) in [5.74, 6) is 0.0569. The second-order valence-electron chi connectivity index (χ2n) is 5.38. The number of hydrogen-bond acceptors (Lipinski definition) is 3. The van der Waals surface area contributed by atoms with E-state index in [2.05, 4.69) is 5.10 Å². The number of carbonyl (C=O) groups excluding carboxylic acids is 1. The van der Waals surface area contributed by atoms with Gasteiger partial charge in [0, 0.05) is 12.0 Å². The maximum absolute atomic E-state index is 12.7. The van der Waals surface area contributed by atoms with Crippen LogP contribution >= 0.6 is 0 Å². The lowest BCUT2D eigenvalue weighted by Gasteiger charge is -2.27. The third kappa shape index (κ3) is 2.39. The predicted octanol–water partition coefficient (Wildman–Crippen LogP) is 2.57. The zero-order valence-corrected chi connectivity index (χ0v) is 11.4. The topological polar surface area (TPSA) is 60.9 Å². The minimum Gasteiger partial charge on any atom is -0.327 e. The Morgan fingerprint density at radius 2 is 1.90 bits per heavy atom. The van der Waals surface area contributed by atoms with E-state index in [0.717, 1.165) is 31.4 Å². The summed E-state index contributed by atoms with van der Waals surface area (Å²) in [7, 11) is 0. The molecule has 0 spiro atoms. The molecule has 1 aliphatic carbocycles. The van der Waals surface area contributed by atoms with Crippen LogP contribution in [0.1, 0.15) is 36.2 Å². The van der Waals surface area contributed by atoms with Gasteiger partial charge in [0.15, 0.2) is 5.78 Å². The Labute approximate surface area is 118 Å². The van der Waals surface area contributed by atoms with E-state index >= 15 is 0 Å². The molecule has 4 heteroatoms. The van der Waals surface area contributed by atoms with Gasteiger partial charge in [-0.15, -0.1) is 0 Å². The fourth-order valence-electron chi connectivity index (χ4n) is 2.94. The van der Waals surface area contributed by atoms with Crippen LogP contribution in [0.2, 0.25) is 0 Å². The number of nitrogens with two attached hydrogens (primary N) is 1. The van der Waals surface area contributed by atoms with Crippen molar-refractivity contribution < 1.29 is 4.79 Å². The van der Waals surface area contributed by atoms with Crippen molar-refractivity contribution in [2.75, 3.05) is 0 Å². The molecule has 1 aromatic carbocycles. The Kier molecular flexibility index (Phi) is 3.65. The first-order valence-corrected chi connectivity index (χ1v) is 7.16. The molecule has 0 bridgehead atoms. The monoisotopic (exact) mass is 269 g/mol. The van der Waals surface area contributed by atoms with Crippen LogP contribution in [0.5, 0.6) is 0 Å². The molecule has 2 unspecified atom stereocenters. The van der Waals surface area contributed by atoms with Crippen molar-refractivity contribution in [3.05, 3.63) is 48.3 Å². The smallest absolute Gasteiger partial charge is 0.185 e. The van der Waals surface area contributed by atoms with Crippen molar-refractivity contribution in [2.24, 2.45) is 11.7 Å². The maximum atomic E-state index is 12.7. The predicted molar refractivity (Wildman–Crippen MR) is 77.8 cm³/mol. The Morgan fingerprint density at radius 3 is 2.65 bits per heavy atom. The zero-order chi connectivity index (χ0) is 13.9. The largest absolute Gasteiger partial charge is 0.327 e. The van der Waals surface area contributed by atoms with Gasteiger partial charge in [-0.3, -0.25) is 4.79 Å². The molecule has 1 aromatic heterocycles. The second-order valence-corrected chi connectivity index (χ2v) is 5.38. The minimum absolute atomic E-state index is 0.0182. The van der Waals surface area contributed by atoms with Crippen LogP contribution < -0.4 is 5.73 Å². The van der Waals surface area contributed by atoms with Crippen molar-refractivity contribution in [1.29, 1.82) is 0 Å². The average Bonchev–Trinajstić information content (AvgIpc) is 2.97. The fraction of sp³-hybridized carbons (Fsp3) is 0.375. The van der Waals surface area contributed by atoms with Crippen LogP contribution in [0.3, 0.4) is 0 Å². The molecule has 0 radical (unpaired) electrons. The van der Waals surface area contributed by atoms with E-state index in [9.17, 15) is 4.79 Å². The summed E-state index contributed by atoms with van der Waals surface area (Å²) >= 11 is 0. The Bertz CT molecular complexity index is 591. The number of nitrogens with zero attached hydrogens (tertiary/aromatic N) is 2. The van der Waals surface area contributed by atoms with Gasteiger partial charge in [0.2, 0.25) is 0 Å². The molecule has 1 fully saturated rings. The zero-order valence-electron chi connectivity index (χ0n) is 11.4. The lowest BCUT2D eigenvalue weighted by Crippen LogP contribution is -2.38. The van der Waals surface area contributed by atoms with Crippen LogP contribution in [-0.4, -0.2) is 21.6 Å². The van der Waals surface area contributed by atoms with E-state index in [0.29, 0.717) is 5.69 Å². The second kappa shape index (κ2) is 5.59. The van der Waals surface area contributed by atoms with Gasteiger partial charge in [0.1, 0.15) is 5.69 Å². The molecule has 104 valence electrons. The molecule has 4 nitrogen and oxygen atoms in total. The summed E-state index contributed by atoms with van der Waals surface area (Å²) in [5.41, 5.74) is 7.67. The van der Waals surface area contributed by atoms with E-state index in [4.69, 9.17) is 5.73 Å². The Hall–Kier alpha value is -1.94. The van der Waals surface area contributed by atoms with Crippen molar-refractivity contribution in [1.82, 2.24) is 9.78 Å². The highest BCUT2D eigenvalue weighted by molar-refractivity contribution is 5.97. The van der Waals surface area contributed by atoms with Crippen LogP contribution in [0, 0.1) is 5.92 Å². The fourth-order valence-corrected chi connectivity index (χ4v) is 2.94. The maximum Gasteiger partial charge on any atom is 0.185 e. The van der Waals surface area contributed by atoms with Gasteiger partial charge in [-0.2, -0.15) is 5.10 Å². The summed E-state index contributed by atoms with van der Waals surface area (Å²) in [5, 5.41) is 4.28. The molecule has 1 heterocycles. The van der Waals surface area contributed by atoms with Crippen molar-refractivity contribution >= 4 is 5.78 Å². The molecule has 0 amide bonds. The number of rotatable bonds is 3. The van der Waals surface area contributed by atoms with Gasteiger partial charge in [-0.1, -0.05) is 31.0 Å². The van der Waals surface area contributed by atoms with Gasteiger partial charge in [-0.25, -0.2) is 4.68 Å². The number of carbonyl (C=O) groups is 1. The summed E-state index contributed by atoms with van der Waals surface area (Å²) in [4.78, 5) is 12.7. The highest BCUT2D eigenvalue weighted by atomic mass is 16.1. The number of hydrogen-bond donors (Lipinski definition) is 1. The lowest BCUT2D eigenvalue weighted by atomic mass is 9.81. The molecule has 1 saturated carbocycles. The molecule has 3 rings (SSSR count). The normalized spacial score (nSPS) is 22.6. The minimum atomic E-state index is -0.0667. The lowest BCUT2D eigenvalue weighted by molar-refractivity contribution is 0.0863. The number of ketones is 1. The summed E-state index contributed by atoms with van der Waals surface area (Å²) in [6.07, 6.45) is 5.72.